The van der Waals surface area contributed by atoms with Crippen LogP contribution >= 0.6 is 0 Å². The van der Waals surface area contributed by atoms with Crippen LogP contribution in [0, 0.1) is 48.5 Å². The summed E-state index contributed by atoms with van der Waals surface area (Å²) in [5.41, 5.74) is 6.16. The number of aryl methyl sites for hydroxylation is 1. The molecule has 0 bridgehead atoms. The van der Waals surface area contributed by atoms with Crippen LogP contribution in [0.4, 0.5) is 0 Å². The summed E-state index contributed by atoms with van der Waals surface area (Å²) in [6, 6.07) is 0. The maximum atomic E-state index is 4.54. The molecular formula is C14H23NY2-4. The minimum Gasteiger partial charge on any atom is -0.358 e. The quantitative estimate of drug-likeness (QED) is 0.703. The van der Waals surface area contributed by atoms with Crippen LogP contribution < -0.4 is 0 Å². The molecule has 0 atom stereocenters. The van der Waals surface area contributed by atoms with Crippen LogP contribution in [0.15, 0.2) is 0 Å². The molecule has 0 spiro atoms. The molecule has 0 N–H and O–H groups in total. The predicted octanol–water partition coefficient (Wildman–Crippen LogP) is 4.05. The average Bonchev–Trinajstić information content (AvgIpc) is 2.13. The Kier molecular flexibility index (Phi) is 19.0. The Morgan fingerprint density at radius 3 is 1.65 bits per heavy atom. The molecule has 0 unspecified atom stereocenters. The summed E-state index contributed by atoms with van der Waals surface area (Å²) in [5, 5.41) is 0. The van der Waals surface area contributed by atoms with E-state index in [1.54, 1.807) is 0 Å². The topological polar surface area (TPSA) is 12.9 Å². The molecule has 1 rings (SSSR count). The van der Waals surface area contributed by atoms with Gasteiger partial charge in [-0.15, -0.1) is 26.3 Å². The van der Waals surface area contributed by atoms with E-state index in [1.807, 2.05) is 6.92 Å². The van der Waals surface area contributed by atoms with Crippen LogP contribution in [-0.4, -0.2) is 4.98 Å². The fourth-order valence-electron chi connectivity index (χ4n) is 1.57. The largest absolute Gasteiger partial charge is 0.358 e. The van der Waals surface area contributed by atoms with Crippen molar-refractivity contribution in [2.45, 2.75) is 34.6 Å². The Labute approximate surface area is 159 Å². The van der Waals surface area contributed by atoms with Gasteiger partial charge in [0.2, 0.25) is 0 Å². The predicted molar refractivity (Wildman–Crippen MR) is 69.4 cm³/mol. The second-order valence-electron chi connectivity index (χ2n) is 3.32. The summed E-state index contributed by atoms with van der Waals surface area (Å²) in [7, 11) is 0. The van der Waals surface area contributed by atoms with Crippen molar-refractivity contribution in [3.8, 4) is 0 Å². The molecule has 0 amide bonds. The van der Waals surface area contributed by atoms with Crippen molar-refractivity contribution in [2.75, 3.05) is 0 Å². The van der Waals surface area contributed by atoms with Crippen LogP contribution in [0.5, 0.6) is 0 Å². The molecule has 0 aliphatic heterocycles. The van der Waals surface area contributed by atoms with Crippen molar-refractivity contribution in [1.82, 2.24) is 4.98 Å². The monoisotopic (exact) mass is 383 g/mol. The Bertz CT molecular complexity index is 322. The van der Waals surface area contributed by atoms with Gasteiger partial charge in [0.1, 0.15) is 0 Å². The van der Waals surface area contributed by atoms with Gasteiger partial charge in [0.05, 0.1) is 0 Å². The van der Waals surface area contributed by atoms with E-state index in [9.17, 15) is 0 Å². The standard InChI is InChI=1S/C12H17N.2CH3.2Y/c1-6-11-9(4)8(3)10(5)13-12(11)7-2;;;;/h6-7H,1-5H3;2*1H3;;/q-2;2*-1;;. The third-order valence-electron chi connectivity index (χ3n) is 2.64. The van der Waals surface area contributed by atoms with Gasteiger partial charge in [0.15, 0.2) is 0 Å². The molecule has 0 aliphatic rings. The number of rotatable bonds is 2. The summed E-state index contributed by atoms with van der Waals surface area (Å²) < 4.78 is 0. The van der Waals surface area contributed by atoms with Gasteiger partial charge in [0.25, 0.3) is 0 Å². The first kappa shape index (κ1) is 26.6. The fourth-order valence-corrected chi connectivity index (χ4v) is 1.57. The summed E-state index contributed by atoms with van der Waals surface area (Å²) in [6.45, 7) is 10.4. The molecule has 1 aromatic rings. The second-order valence-corrected chi connectivity index (χ2v) is 3.32. The second kappa shape index (κ2) is 12.1. The number of pyridine rings is 1. The zero-order valence-electron chi connectivity index (χ0n) is 12.3. The van der Waals surface area contributed by atoms with Crippen molar-refractivity contribution in [1.29, 1.82) is 0 Å². The van der Waals surface area contributed by atoms with Gasteiger partial charge in [0, 0.05) is 71.1 Å². The molecule has 0 fully saturated rings. The van der Waals surface area contributed by atoms with Crippen LogP contribution in [0.3, 0.4) is 0 Å². The maximum Gasteiger partial charge on any atom is 0.00908 e. The first-order valence-corrected chi connectivity index (χ1v) is 4.68. The SMILES string of the molecule is C[CH-]c1nc(C)c(C)c(C)c1[CH-]C.[CH3-].[CH3-].[Y].[Y]. The van der Waals surface area contributed by atoms with E-state index in [2.05, 4.69) is 45.5 Å². The van der Waals surface area contributed by atoms with Crippen LogP contribution in [-0.2, 0) is 65.4 Å². The Morgan fingerprint density at radius 1 is 0.824 bits per heavy atom. The van der Waals surface area contributed by atoms with Crippen molar-refractivity contribution in [3.63, 3.8) is 0 Å². The van der Waals surface area contributed by atoms with Gasteiger partial charge >= 0.3 is 0 Å². The zero-order valence-corrected chi connectivity index (χ0v) is 17.9. The Hall–Kier alpha value is 1.10. The average molecular weight is 383 g/mol. The van der Waals surface area contributed by atoms with E-state index in [-0.39, 0.29) is 80.3 Å². The first-order chi connectivity index (χ1) is 6.11. The Balaban J connectivity index is -0.000000211. The van der Waals surface area contributed by atoms with E-state index in [0.717, 1.165) is 11.4 Å². The molecule has 17 heavy (non-hydrogen) atoms. The van der Waals surface area contributed by atoms with Gasteiger partial charge < -0.3 is 25.4 Å². The van der Waals surface area contributed by atoms with Crippen molar-refractivity contribution in [2.24, 2.45) is 0 Å². The van der Waals surface area contributed by atoms with Gasteiger partial charge in [-0.2, -0.15) is 0 Å². The molecule has 0 saturated carbocycles. The minimum atomic E-state index is 0. The van der Waals surface area contributed by atoms with Gasteiger partial charge in [-0.25, -0.2) is 11.3 Å². The van der Waals surface area contributed by atoms with Crippen molar-refractivity contribution < 1.29 is 65.4 Å². The maximum absolute atomic E-state index is 4.54. The minimum absolute atomic E-state index is 0. The normalized spacial score (nSPS) is 7.59. The van der Waals surface area contributed by atoms with Gasteiger partial charge in [-0.05, 0) is 6.92 Å². The third-order valence-corrected chi connectivity index (χ3v) is 2.64. The van der Waals surface area contributed by atoms with E-state index in [0.29, 0.717) is 0 Å². The van der Waals surface area contributed by atoms with Crippen LogP contribution in [0.25, 0.3) is 0 Å². The first-order valence-electron chi connectivity index (χ1n) is 4.68. The molecule has 1 heterocycles. The van der Waals surface area contributed by atoms with Crippen LogP contribution in [0.2, 0.25) is 0 Å². The fraction of sp³-hybridized carbons (Fsp3) is 0.357. The molecule has 3 heteroatoms. The molecule has 1 aromatic heterocycles. The summed E-state index contributed by atoms with van der Waals surface area (Å²) >= 11 is 0. The molecule has 0 aliphatic carbocycles. The van der Waals surface area contributed by atoms with Crippen molar-refractivity contribution >= 4 is 0 Å². The molecule has 0 saturated heterocycles. The molecule has 1 nitrogen and oxygen atoms in total. The summed E-state index contributed by atoms with van der Waals surface area (Å²) in [4.78, 5) is 4.54. The Morgan fingerprint density at radius 2 is 1.29 bits per heavy atom. The van der Waals surface area contributed by atoms with Gasteiger partial charge in [-0.3, -0.25) is 12.8 Å². The third kappa shape index (κ3) is 6.19. The summed E-state index contributed by atoms with van der Waals surface area (Å²) in [5.74, 6) is 0. The smallest absolute Gasteiger partial charge is 0.00908 e. The zero-order chi connectivity index (χ0) is 10.0. The van der Waals surface area contributed by atoms with E-state index in [4.69, 9.17) is 0 Å². The summed E-state index contributed by atoms with van der Waals surface area (Å²) in [6.07, 6.45) is 4.19. The molecule has 2 radical (unpaired) electrons. The van der Waals surface area contributed by atoms with Gasteiger partial charge in [-0.1, -0.05) is 6.92 Å². The molecular weight excluding hydrogens is 360 g/mol. The number of hydrogen-bond donors (Lipinski definition) is 0. The van der Waals surface area contributed by atoms with E-state index >= 15 is 0 Å². The molecule has 94 valence electrons. The van der Waals surface area contributed by atoms with E-state index in [1.165, 1.54) is 16.7 Å². The number of hydrogen-bond acceptors (Lipinski definition) is 1. The van der Waals surface area contributed by atoms with E-state index < -0.39 is 0 Å². The molecule has 0 aromatic carbocycles. The van der Waals surface area contributed by atoms with Crippen molar-refractivity contribution in [3.05, 3.63) is 55.8 Å². The number of aromatic nitrogens is 1. The van der Waals surface area contributed by atoms with Crippen LogP contribution in [0.1, 0.15) is 41.9 Å². The number of nitrogens with zero attached hydrogens (tertiary/aromatic N) is 1.